The highest BCUT2D eigenvalue weighted by Crippen LogP contribution is 2.41. The van der Waals surface area contributed by atoms with E-state index in [1.54, 1.807) is 32.6 Å². The average Bonchev–Trinajstić information content (AvgIpc) is 3.52. The third kappa shape index (κ3) is 7.09. The van der Waals surface area contributed by atoms with Crippen molar-refractivity contribution in [2.24, 2.45) is 5.92 Å². The number of alkyl carbamates (subject to hydrolysis) is 1. The highest BCUT2D eigenvalue weighted by Gasteiger charge is 2.47. The Kier molecular flexibility index (Phi) is 8.43. The SMILES string of the molecule is Cc1ccc(C)c(C(C(=O)NCc2ccccc2)N(C(=O)C(C)NC(=O)OC(C)(C)C)C2CC2C)c1. The predicted octanol–water partition coefficient (Wildman–Crippen LogP) is 4.81. The Morgan fingerprint density at radius 2 is 1.72 bits per heavy atom. The first kappa shape index (κ1) is 27.2. The molecule has 7 heteroatoms. The van der Waals surface area contributed by atoms with Gasteiger partial charge >= 0.3 is 6.09 Å². The molecule has 0 aromatic heterocycles. The fourth-order valence-electron chi connectivity index (χ4n) is 4.30. The first-order valence-corrected chi connectivity index (χ1v) is 12.6. The van der Waals surface area contributed by atoms with Crippen LogP contribution in [0.15, 0.2) is 48.5 Å². The summed E-state index contributed by atoms with van der Waals surface area (Å²) in [6.45, 7) is 13.3. The van der Waals surface area contributed by atoms with Crippen molar-refractivity contribution < 1.29 is 19.1 Å². The number of aryl methyl sites for hydroxylation is 2. The van der Waals surface area contributed by atoms with Crippen LogP contribution in [0, 0.1) is 19.8 Å². The van der Waals surface area contributed by atoms with E-state index in [4.69, 9.17) is 4.74 Å². The van der Waals surface area contributed by atoms with Gasteiger partial charge in [0.1, 0.15) is 17.7 Å². The second-order valence-electron chi connectivity index (χ2n) is 10.9. The Hall–Kier alpha value is -3.35. The number of carbonyl (C=O) groups is 3. The molecule has 1 fully saturated rings. The van der Waals surface area contributed by atoms with Crippen LogP contribution in [-0.2, 0) is 20.9 Å². The van der Waals surface area contributed by atoms with Gasteiger partial charge in [-0.3, -0.25) is 9.59 Å². The lowest BCUT2D eigenvalue weighted by Crippen LogP contribution is -2.53. The summed E-state index contributed by atoms with van der Waals surface area (Å²) in [5, 5.41) is 5.70. The molecule has 0 heterocycles. The van der Waals surface area contributed by atoms with Gasteiger partial charge in [0.05, 0.1) is 0 Å². The number of nitrogens with one attached hydrogen (secondary N) is 2. The quantitative estimate of drug-likeness (QED) is 0.552. The molecule has 1 saturated carbocycles. The second kappa shape index (κ2) is 11.1. The topological polar surface area (TPSA) is 87.7 Å². The molecule has 1 aliphatic carbocycles. The minimum Gasteiger partial charge on any atom is -0.444 e. The van der Waals surface area contributed by atoms with Gasteiger partial charge in [0.2, 0.25) is 11.8 Å². The highest BCUT2D eigenvalue weighted by molar-refractivity contribution is 5.92. The molecule has 0 aliphatic heterocycles. The fourth-order valence-corrected chi connectivity index (χ4v) is 4.30. The van der Waals surface area contributed by atoms with Crippen LogP contribution in [0.3, 0.4) is 0 Å². The second-order valence-corrected chi connectivity index (χ2v) is 10.9. The molecule has 194 valence electrons. The van der Waals surface area contributed by atoms with E-state index in [9.17, 15) is 14.4 Å². The van der Waals surface area contributed by atoms with Crippen LogP contribution in [0.1, 0.15) is 69.3 Å². The summed E-state index contributed by atoms with van der Waals surface area (Å²) in [6, 6.07) is 13.9. The van der Waals surface area contributed by atoms with Crippen molar-refractivity contribution >= 4 is 17.9 Å². The number of benzene rings is 2. The Morgan fingerprint density at radius 3 is 2.31 bits per heavy atom. The van der Waals surface area contributed by atoms with Gasteiger partial charge in [-0.25, -0.2) is 4.79 Å². The van der Waals surface area contributed by atoms with E-state index >= 15 is 0 Å². The standard InChI is InChI=1S/C29H39N3O4/c1-18-13-14-19(2)23(15-18)25(26(33)30-17-22-11-9-8-10-12-22)32(24-16-20(24)3)27(34)21(4)31-28(35)36-29(5,6)7/h8-15,20-21,24-25H,16-17H2,1-7H3,(H,30,33)(H,31,35). The van der Waals surface area contributed by atoms with Gasteiger partial charge in [0.15, 0.2) is 0 Å². The van der Waals surface area contributed by atoms with Crippen LogP contribution in [0.4, 0.5) is 4.79 Å². The molecule has 0 saturated heterocycles. The number of hydrogen-bond donors (Lipinski definition) is 2. The Balaban J connectivity index is 1.93. The Bertz CT molecular complexity index is 1090. The van der Waals surface area contributed by atoms with Crippen molar-refractivity contribution in [3.63, 3.8) is 0 Å². The molecule has 0 spiro atoms. The molecule has 36 heavy (non-hydrogen) atoms. The van der Waals surface area contributed by atoms with Crippen molar-refractivity contribution in [3.05, 3.63) is 70.8 Å². The van der Waals surface area contributed by atoms with E-state index in [0.29, 0.717) is 6.54 Å². The Morgan fingerprint density at radius 1 is 1.08 bits per heavy atom. The van der Waals surface area contributed by atoms with E-state index in [1.165, 1.54) is 0 Å². The number of rotatable bonds is 8. The van der Waals surface area contributed by atoms with Crippen LogP contribution in [0.2, 0.25) is 0 Å². The monoisotopic (exact) mass is 493 g/mol. The zero-order valence-corrected chi connectivity index (χ0v) is 22.4. The lowest BCUT2D eigenvalue weighted by Gasteiger charge is -2.35. The number of ether oxygens (including phenoxy) is 1. The number of hydrogen-bond acceptors (Lipinski definition) is 4. The van der Waals surface area contributed by atoms with Crippen molar-refractivity contribution in [1.82, 2.24) is 15.5 Å². The maximum atomic E-state index is 13.8. The summed E-state index contributed by atoms with van der Waals surface area (Å²) >= 11 is 0. The molecule has 4 atom stereocenters. The van der Waals surface area contributed by atoms with E-state index in [0.717, 1.165) is 28.7 Å². The minimum atomic E-state index is -0.859. The smallest absolute Gasteiger partial charge is 0.408 e. The van der Waals surface area contributed by atoms with Gasteiger partial charge in [-0.15, -0.1) is 0 Å². The molecule has 0 radical (unpaired) electrons. The molecule has 2 aromatic rings. The molecule has 7 nitrogen and oxygen atoms in total. The van der Waals surface area contributed by atoms with Crippen molar-refractivity contribution in [2.45, 2.75) is 85.2 Å². The van der Waals surface area contributed by atoms with Crippen molar-refractivity contribution in [1.29, 1.82) is 0 Å². The van der Waals surface area contributed by atoms with Gasteiger partial charge in [-0.1, -0.05) is 61.0 Å². The molecule has 4 unspecified atom stereocenters. The zero-order chi connectivity index (χ0) is 26.6. The minimum absolute atomic E-state index is 0.0900. The summed E-state index contributed by atoms with van der Waals surface area (Å²) in [4.78, 5) is 41.7. The van der Waals surface area contributed by atoms with Gasteiger partial charge in [-0.2, -0.15) is 0 Å². The molecular weight excluding hydrogens is 454 g/mol. The molecule has 1 aliphatic rings. The molecule has 2 N–H and O–H groups in total. The normalized spacial score (nSPS) is 18.5. The van der Waals surface area contributed by atoms with Crippen LogP contribution in [0.25, 0.3) is 0 Å². The highest BCUT2D eigenvalue weighted by atomic mass is 16.6. The predicted molar refractivity (Wildman–Crippen MR) is 140 cm³/mol. The first-order valence-electron chi connectivity index (χ1n) is 12.6. The van der Waals surface area contributed by atoms with E-state index in [1.807, 2.05) is 62.4 Å². The first-order chi connectivity index (χ1) is 16.9. The van der Waals surface area contributed by atoms with Crippen LogP contribution in [0.5, 0.6) is 0 Å². The summed E-state index contributed by atoms with van der Waals surface area (Å²) in [5.41, 5.74) is 3.02. The van der Waals surface area contributed by atoms with Gasteiger partial charge in [0, 0.05) is 12.6 Å². The molecule has 0 bridgehead atoms. The molecule has 3 amide bonds. The Labute approximate surface area is 214 Å². The van der Waals surface area contributed by atoms with E-state index < -0.39 is 23.8 Å². The van der Waals surface area contributed by atoms with Crippen LogP contribution >= 0.6 is 0 Å². The maximum Gasteiger partial charge on any atom is 0.408 e. The number of carbonyl (C=O) groups excluding carboxylic acids is 3. The molecule has 2 aromatic carbocycles. The van der Waals surface area contributed by atoms with Gasteiger partial charge in [0.25, 0.3) is 0 Å². The van der Waals surface area contributed by atoms with Gasteiger partial charge < -0.3 is 20.3 Å². The van der Waals surface area contributed by atoms with Crippen LogP contribution < -0.4 is 10.6 Å². The lowest BCUT2D eigenvalue weighted by atomic mass is 9.96. The van der Waals surface area contributed by atoms with E-state index in [2.05, 4.69) is 17.6 Å². The van der Waals surface area contributed by atoms with Crippen LogP contribution in [-0.4, -0.2) is 40.5 Å². The van der Waals surface area contributed by atoms with Crippen molar-refractivity contribution in [3.8, 4) is 0 Å². The lowest BCUT2D eigenvalue weighted by molar-refractivity contribution is -0.143. The average molecular weight is 494 g/mol. The van der Waals surface area contributed by atoms with E-state index in [-0.39, 0.29) is 23.8 Å². The third-order valence-electron chi connectivity index (χ3n) is 6.35. The maximum absolute atomic E-state index is 13.8. The summed E-state index contributed by atoms with van der Waals surface area (Å²) in [7, 11) is 0. The summed E-state index contributed by atoms with van der Waals surface area (Å²) in [6.07, 6.45) is 0.141. The summed E-state index contributed by atoms with van der Waals surface area (Å²) in [5.74, 6) is -0.294. The third-order valence-corrected chi connectivity index (χ3v) is 6.35. The molecule has 3 rings (SSSR count). The molecular formula is C29H39N3O4. The summed E-state index contributed by atoms with van der Waals surface area (Å²) < 4.78 is 5.35. The fraction of sp³-hybridized carbons (Fsp3) is 0.483. The largest absolute Gasteiger partial charge is 0.444 e. The number of amides is 3. The van der Waals surface area contributed by atoms with Gasteiger partial charge in [-0.05, 0) is 70.6 Å². The zero-order valence-electron chi connectivity index (χ0n) is 22.4. The van der Waals surface area contributed by atoms with Crippen molar-refractivity contribution in [2.75, 3.05) is 0 Å². The number of nitrogens with zero attached hydrogens (tertiary/aromatic N) is 1.